The van der Waals surface area contributed by atoms with Crippen LogP contribution >= 0.6 is 15.9 Å². The molecule has 4 aliphatic rings. The molecule has 6 N–H and O–H groups in total. The third-order valence-corrected chi connectivity index (χ3v) is 12.6. The van der Waals surface area contributed by atoms with E-state index < -0.39 is 30.5 Å². The summed E-state index contributed by atoms with van der Waals surface area (Å²) >= 11 is 3.55. The van der Waals surface area contributed by atoms with Crippen molar-refractivity contribution in [1.29, 1.82) is 0 Å². The molecule has 8 rings (SSSR count). The van der Waals surface area contributed by atoms with Gasteiger partial charge in [0.05, 0.1) is 34.1 Å². The molecular formula is C51H65BBrF3N6O9. The van der Waals surface area contributed by atoms with Gasteiger partial charge in [0, 0.05) is 69.3 Å². The Kier molecular flexibility index (Phi) is 19.0. The molecule has 20 heteroatoms. The van der Waals surface area contributed by atoms with Crippen LogP contribution in [0.1, 0.15) is 105 Å². The van der Waals surface area contributed by atoms with Crippen molar-refractivity contribution >= 4 is 52.5 Å². The third kappa shape index (κ3) is 15.6. The second-order valence-corrected chi connectivity index (χ2v) is 20.7. The number of nitrogens with zero attached hydrogens (tertiary/aromatic N) is 4. The summed E-state index contributed by atoms with van der Waals surface area (Å²) in [5.74, 6) is -0.368. The van der Waals surface area contributed by atoms with E-state index in [9.17, 15) is 32.3 Å². The average molecular weight is 1050 g/mol. The van der Waals surface area contributed by atoms with Gasteiger partial charge in [-0.25, -0.2) is 22.8 Å². The zero-order valence-electron chi connectivity index (χ0n) is 41.3. The molecule has 0 saturated heterocycles. The molecule has 4 amide bonds. The van der Waals surface area contributed by atoms with Gasteiger partial charge in [0.2, 0.25) is 0 Å². The Morgan fingerprint density at radius 1 is 0.761 bits per heavy atom. The Morgan fingerprint density at radius 3 is 1.69 bits per heavy atom. The number of alkyl carbamates (subject to hydrolysis) is 2. The number of ether oxygens (including phenoxy) is 2. The second kappa shape index (κ2) is 24.1. The molecule has 4 aromatic rings. The molecule has 2 fully saturated rings. The van der Waals surface area contributed by atoms with Crippen molar-refractivity contribution in [3.63, 3.8) is 0 Å². The van der Waals surface area contributed by atoms with E-state index in [1.54, 1.807) is 93.4 Å². The molecule has 71 heavy (non-hydrogen) atoms. The molecule has 0 spiro atoms. The number of hydrogen-bond acceptors (Lipinski definition) is 8. The van der Waals surface area contributed by atoms with Gasteiger partial charge in [0.1, 0.15) is 17.0 Å². The van der Waals surface area contributed by atoms with E-state index in [4.69, 9.17) is 19.5 Å². The molecule has 2 aromatic heterocycles. The summed E-state index contributed by atoms with van der Waals surface area (Å²) < 4.78 is 55.9. The van der Waals surface area contributed by atoms with Crippen LogP contribution in [0.4, 0.5) is 22.8 Å². The number of rotatable bonds is 12. The normalized spacial score (nSPS) is 15.8. The van der Waals surface area contributed by atoms with Crippen LogP contribution in [0.3, 0.4) is 0 Å². The number of carbonyl (C=O) groups is 4. The number of aromatic nitrogens is 2. The molecule has 384 valence electrons. The quantitative estimate of drug-likeness (QED) is 0.105. The first-order valence-electron chi connectivity index (χ1n) is 23.5. The lowest BCUT2D eigenvalue weighted by molar-refractivity contribution is 0.0520. The molecule has 0 unspecified atom stereocenters. The van der Waals surface area contributed by atoms with E-state index in [-0.39, 0.29) is 54.9 Å². The van der Waals surface area contributed by atoms with Crippen LogP contribution in [0, 0.1) is 12.7 Å². The number of hydrogen-bond donors (Lipinski definition) is 4. The molecular weight excluding hydrogens is 988 g/mol. The number of amides is 4. The van der Waals surface area contributed by atoms with Crippen molar-refractivity contribution < 1.29 is 57.3 Å². The van der Waals surface area contributed by atoms with E-state index in [1.807, 2.05) is 22.8 Å². The lowest BCUT2D eigenvalue weighted by Crippen LogP contribution is -2.38. The lowest BCUT2D eigenvalue weighted by Gasteiger charge is -2.27. The molecule has 0 radical (unpaired) electrons. The van der Waals surface area contributed by atoms with Gasteiger partial charge in [-0.1, -0.05) is 42.0 Å². The first-order chi connectivity index (χ1) is 33.0. The third-order valence-electron chi connectivity index (χ3n) is 11.7. The van der Waals surface area contributed by atoms with Crippen molar-refractivity contribution in [2.45, 2.75) is 123 Å². The van der Waals surface area contributed by atoms with Crippen LogP contribution in [0.15, 0.2) is 89.3 Å². The first kappa shape index (κ1) is 56.1. The van der Waals surface area contributed by atoms with Gasteiger partial charge in [0.15, 0.2) is 0 Å². The summed E-state index contributed by atoms with van der Waals surface area (Å²) in [5, 5.41) is 22.5. The van der Waals surface area contributed by atoms with Crippen molar-refractivity contribution in [3.05, 3.63) is 123 Å². The van der Waals surface area contributed by atoms with Gasteiger partial charge in [-0.3, -0.25) is 9.59 Å². The largest absolute Gasteiger partial charge is 0.488 e. The smallest absolute Gasteiger partial charge is 0.444 e. The van der Waals surface area contributed by atoms with Crippen LogP contribution in [-0.2, 0) is 35.4 Å². The Bertz CT molecular complexity index is 2610. The zero-order valence-corrected chi connectivity index (χ0v) is 42.9. The standard InChI is InChI=1S/C25H29F2N3O3.C19H25BrFN3O3.C7H9BO2.H2O/c1-25(2,3)33-24(32)28-13-16(12-26)14-29-15-21-20(9-10-30(23(21)31)19-7-8-19)22(29)17-5-4-6-18(27)11-17;1-19(2,3)27-18(26)22-9-12(8-21)10-23-11-15-14(16(23)20)6-7-24(17(15)25)13-4-5-13;1-6-3-2-4-7(5-6)8(9)10;/h4-6,11-12,15,19H,7-10,13-14H2,1-3H3,(H,28,32);8,11,13H,4-7,9-10H2,1-3H3,(H,22,26);2-5,9-10H,1H3;1H2/b16-12+;12-8+;;. The highest BCUT2D eigenvalue weighted by Crippen LogP contribution is 2.38. The van der Waals surface area contributed by atoms with E-state index in [1.165, 1.54) is 12.1 Å². The first-order valence-corrected chi connectivity index (χ1v) is 24.2. The lowest BCUT2D eigenvalue weighted by atomic mass is 9.80. The fourth-order valence-corrected chi connectivity index (χ4v) is 8.86. The fourth-order valence-electron chi connectivity index (χ4n) is 8.22. The molecule has 4 heterocycles. The zero-order chi connectivity index (χ0) is 51.1. The van der Waals surface area contributed by atoms with Crippen molar-refractivity contribution in [2.24, 2.45) is 0 Å². The SMILES string of the molecule is CC(C)(C)OC(=O)NC/C(=C\F)Cn1cc2c(c1-c1cccc(F)c1)CCN(C1CC1)C2=O.CC(C)(C)OC(=O)NC/C(=C\F)Cn1cc2c(c1Br)CCN(C1CC1)C2=O.Cc1cccc(B(O)O)c1.O. The van der Waals surface area contributed by atoms with Crippen molar-refractivity contribution in [2.75, 3.05) is 26.2 Å². The Morgan fingerprint density at radius 2 is 1.24 bits per heavy atom. The minimum absolute atomic E-state index is 0. The summed E-state index contributed by atoms with van der Waals surface area (Å²) in [6.07, 6.45) is 8.83. The fraction of sp³-hybridized carbons (Fsp3) is 0.451. The summed E-state index contributed by atoms with van der Waals surface area (Å²) in [4.78, 5) is 53.4. The van der Waals surface area contributed by atoms with E-state index in [0.29, 0.717) is 71.1 Å². The van der Waals surface area contributed by atoms with Crippen molar-refractivity contribution in [1.82, 2.24) is 29.6 Å². The van der Waals surface area contributed by atoms with Crippen molar-refractivity contribution in [3.8, 4) is 11.3 Å². The molecule has 2 aliphatic carbocycles. The number of aryl methyl sites for hydroxylation is 1. The van der Waals surface area contributed by atoms with Gasteiger partial charge >= 0.3 is 19.3 Å². The summed E-state index contributed by atoms with van der Waals surface area (Å²) in [7, 11) is -1.35. The van der Waals surface area contributed by atoms with Crippen LogP contribution in [0.5, 0.6) is 0 Å². The maximum atomic E-state index is 14.0. The highest BCUT2D eigenvalue weighted by molar-refractivity contribution is 9.10. The van der Waals surface area contributed by atoms with Gasteiger partial charge in [0.25, 0.3) is 11.8 Å². The van der Waals surface area contributed by atoms with E-state index in [2.05, 4.69) is 26.6 Å². The number of fused-ring (bicyclic) bond motifs is 2. The van der Waals surface area contributed by atoms with Crippen LogP contribution in [0.2, 0.25) is 0 Å². The topological polar surface area (TPSA) is 199 Å². The molecule has 0 bridgehead atoms. The van der Waals surface area contributed by atoms with Gasteiger partial charge in [-0.15, -0.1) is 0 Å². The highest BCUT2D eigenvalue weighted by Gasteiger charge is 2.39. The number of carbonyl (C=O) groups excluding carboxylic acids is 4. The molecule has 2 aliphatic heterocycles. The summed E-state index contributed by atoms with van der Waals surface area (Å²) in [5.41, 5.74) is 5.36. The van der Waals surface area contributed by atoms with E-state index in [0.717, 1.165) is 59.9 Å². The van der Waals surface area contributed by atoms with Crippen LogP contribution in [-0.4, -0.2) is 115 Å². The maximum absolute atomic E-state index is 14.0. The predicted octanol–water partition coefficient (Wildman–Crippen LogP) is 7.47. The maximum Gasteiger partial charge on any atom is 0.488 e. The molecule has 0 atom stereocenters. The second-order valence-electron chi connectivity index (χ2n) is 19.9. The molecule has 2 saturated carbocycles. The Balaban J connectivity index is 0.000000221. The summed E-state index contributed by atoms with van der Waals surface area (Å²) in [6.45, 7) is 14.1. The highest BCUT2D eigenvalue weighted by atomic mass is 79.9. The van der Waals surface area contributed by atoms with Gasteiger partial charge < -0.3 is 54.6 Å². The van der Waals surface area contributed by atoms with Gasteiger partial charge in [-0.05, 0) is 143 Å². The number of halogens is 4. The predicted molar refractivity (Wildman–Crippen MR) is 269 cm³/mol. The molecule has 2 aromatic carbocycles. The number of nitrogens with one attached hydrogen (secondary N) is 2. The van der Waals surface area contributed by atoms with E-state index >= 15 is 0 Å². The number of benzene rings is 2. The molecule has 15 nitrogen and oxygen atoms in total. The average Bonchev–Trinajstić information content (AvgIpc) is 4.23. The van der Waals surface area contributed by atoms with Crippen LogP contribution < -0.4 is 16.1 Å². The van der Waals surface area contributed by atoms with Gasteiger partial charge in [-0.2, -0.15) is 0 Å². The minimum Gasteiger partial charge on any atom is -0.444 e. The van der Waals surface area contributed by atoms with Crippen LogP contribution in [0.25, 0.3) is 11.3 Å². The Hall–Kier alpha value is -5.83. The Labute approximate surface area is 421 Å². The minimum atomic E-state index is -1.35. The summed E-state index contributed by atoms with van der Waals surface area (Å²) in [6, 6.07) is 14.0. The monoisotopic (exact) mass is 1050 g/mol.